The van der Waals surface area contributed by atoms with Gasteiger partial charge in [-0.1, -0.05) is 35.3 Å². The van der Waals surface area contributed by atoms with Gasteiger partial charge in [0.2, 0.25) is 0 Å². The summed E-state index contributed by atoms with van der Waals surface area (Å²) >= 11 is 12.4. The van der Waals surface area contributed by atoms with E-state index >= 15 is 0 Å². The zero-order valence-electron chi connectivity index (χ0n) is 13.9. The number of pyridine rings is 1. The number of nitrogens with two attached hydrogens (primary N) is 1. The third-order valence-electron chi connectivity index (χ3n) is 4.09. The van der Waals surface area contributed by atoms with Crippen LogP contribution in [0.2, 0.25) is 10.0 Å². The fourth-order valence-corrected chi connectivity index (χ4v) is 3.22. The van der Waals surface area contributed by atoms with Gasteiger partial charge in [0.15, 0.2) is 17.3 Å². The van der Waals surface area contributed by atoms with Crippen molar-refractivity contribution in [3.05, 3.63) is 75.8 Å². The molecule has 9 heteroatoms. The second-order valence-corrected chi connectivity index (χ2v) is 6.77. The fourth-order valence-electron chi connectivity index (χ4n) is 2.74. The number of nitrogens with zero attached hydrogens (tertiary/aromatic N) is 5. The van der Waals surface area contributed by atoms with E-state index in [9.17, 15) is 4.39 Å². The Labute approximate surface area is 164 Å². The van der Waals surface area contributed by atoms with Gasteiger partial charge in [0, 0.05) is 24.4 Å². The number of hydrogen-bond acceptors (Lipinski definition) is 5. The van der Waals surface area contributed by atoms with Crippen LogP contribution in [0.1, 0.15) is 17.0 Å². The van der Waals surface area contributed by atoms with Gasteiger partial charge in [0.05, 0.1) is 22.9 Å². The first-order valence-corrected chi connectivity index (χ1v) is 8.76. The van der Waals surface area contributed by atoms with E-state index in [1.165, 1.54) is 24.5 Å². The number of halogens is 3. The zero-order valence-corrected chi connectivity index (χ0v) is 15.4. The van der Waals surface area contributed by atoms with Crippen LogP contribution in [0.5, 0.6) is 0 Å². The molecule has 0 bridgehead atoms. The SMILES string of the molecule is Nc1ncn(Cc2c(Cl)cncc2Cl)c2nc(Cc3ccc(F)cc3)nc1-2. The summed E-state index contributed by atoms with van der Waals surface area (Å²) in [4.78, 5) is 17.2. The van der Waals surface area contributed by atoms with Gasteiger partial charge in [0.1, 0.15) is 11.6 Å². The van der Waals surface area contributed by atoms with Gasteiger partial charge in [0.25, 0.3) is 0 Å². The molecule has 6 nitrogen and oxygen atoms in total. The topological polar surface area (TPSA) is 82.5 Å². The van der Waals surface area contributed by atoms with E-state index < -0.39 is 0 Å². The summed E-state index contributed by atoms with van der Waals surface area (Å²) in [5.41, 5.74) is 8.06. The number of aromatic nitrogens is 5. The highest BCUT2D eigenvalue weighted by molar-refractivity contribution is 6.35. The first kappa shape index (κ1) is 17.6. The smallest absolute Gasteiger partial charge is 0.166 e. The maximum atomic E-state index is 13.1. The normalized spacial score (nSPS) is 11.2. The molecule has 0 atom stereocenters. The van der Waals surface area contributed by atoms with Crippen molar-refractivity contribution in [2.45, 2.75) is 13.0 Å². The monoisotopic (exact) mass is 402 g/mol. The van der Waals surface area contributed by atoms with Crippen molar-refractivity contribution in [1.29, 1.82) is 0 Å². The lowest BCUT2D eigenvalue weighted by Crippen LogP contribution is -2.10. The van der Waals surface area contributed by atoms with E-state index in [0.29, 0.717) is 45.9 Å². The summed E-state index contributed by atoms with van der Waals surface area (Å²) < 4.78 is 14.9. The molecular weight excluding hydrogens is 390 g/mol. The molecule has 3 heterocycles. The van der Waals surface area contributed by atoms with Crippen LogP contribution in [0.15, 0.2) is 43.0 Å². The number of benzene rings is 1. The highest BCUT2D eigenvalue weighted by atomic mass is 35.5. The van der Waals surface area contributed by atoms with Crippen LogP contribution in [0.4, 0.5) is 10.2 Å². The van der Waals surface area contributed by atoms with Crippen molar-refractivity contribution in [2.75, 3.05) is 5.73 Å². The van der Waals surface area contributed by atoms with Crippen LogP contribution in [0.3, 0.4) is 0 Å². The third-order valence-corrected chi connectivity index (χ3v) is 4.75. The van der Waals surface area contributed by atoms with E-state index in [2.05, 4.69) is 19.9 Å². The molecule has 0 spiro atoms. The summed E-state index contributed by atoms with van der Waals surface area (Å²) in [6.07, 6.45) is 5.08. The Hall–Kier alpha value is -2.77. The molecule has 0 saturated carbocycles. The molecule has 2 aromatic rings. The molecule has 0 amide bonds. The molecule has 4 rings (SSSR count). The number of nitrogen functional groups attached to an aromatic ring is 1. The largest absolute Gasteiger partial charge is 0.382 e. The van der Waals surface area contributed by atoms with Crippen molar-refractivity contribution >= 4 is 29.0 Å². The second kappa shape index (κ2) is 7.09. The van der Waals surface area contributed by atoms with Gasteiger partial charge in [-0.15, -0.1) is 0 Å². The van der Waals surface area contributed by atoms with Crippen molar-refractivity contribution in [3.8, 4) is 11.5 Å². The summed E-state index contributed by atoms with van der Waals surface area (Å²) in [5, 5.41) is 0.900. The number of fused-ring (bicyclic) bond motifs is 1. The maximum Gasteiger partial charge on any atom is 0.166 e. The molecule has 1 aromatic heterocycles. The van der Waals surface area contributed by atoms with Crippen LogP contribution in [-0.4, -0.2) is 24.5 Å². The summed E-state index contributed by atoms with van der Waals surface area (Å²) in [6.45, 7) is 0.346. The zero-order chi connectivity index (χ0) is 19.0. The van der Waals surface area contributed by atoms with Crippen molar-refractivity contribution in [2.24, 2.45) is 0 Å². The van der Waals surface area contributed by atoms with E-state index in [0.717, 1.165) is 5.56 Å². The van der Waals surface area contributed by atoms with Crippen LogP contribution < -0.4 is 5.73 Å². The number of imidazole rings is 1. The summed E-state index contributed by atoms with van der Waals surface area (Å²) in [5.74, 6) is 1.14. The quantitative estimate of drug-likeness (QED) is 0.560. The third kappa shape index (κ3) is 3.56. The van der Waals surface area contributed by atoms with Crippen LogP contribution in [-0.2, 0) is 13.0 Å². The standard InChI is InChI=1S/C18H13Cl2FN6/c19-13-6-23-7-14(20)12(13)8-27-9-24-17(22)16-18(27)26-15(25-16)5-10-1-3-11(21)4-2-10/h1-4,6-7,9H,5,8,22H2. The fraction of sp³-hybridized carbons (Fsp3) is 0.111. The molecule has 2 aliphatic heterocycles. The average molecular weight is 403 g/mol. The lowest BCUT2D eigenvalue weighted by molar-refractivity contribution is 0.627. The molecular formula is C18H13Cl2FN6. The van der Waals surface area contributed by atoms with Gasteiger partial charge in [-0.25, -0.2) is 19.3 Å². The minimum absolute atomic E-state index is 0.283. The summed E-state index contributed by atoms with van der Waals surface area (Å²) in [6, 6.07) is 6.20. The van der Waals surface area contributed by atoms with Crippen molar-refractivity contribution in [1.82, 2.24) is 24.5 Å². The molecule has 27 heavy (non-hydrogen) atoms. The van der Waals surface area contributed by atoms with Crippen LogP contribution >= 0.6 is 23.2 Å². The lowest BCUT2D eigenvalue weighted by Gasteiger charge is -2.13. The Kier molecular flexibility index (Phi) is 4.63. The number of rotatable bonds is 4. The van der Waals surface area contributed by atoms with Gasteiger partial charge < -0.3 is 10.3 Å². The highest BCUT2D eigenvalue weighted by Gasteiger charge is 2.20. The summed E-state index contributed by atoms with van der Waals surface area (Å²) in [7, 11) is 0. The molecule has 0 saturated heterocycles. The van der Waals surface area contributed by atoms with Gasteiger partial charge in [-0.3, -0.25) is 4.98 Å². The van der Waals surface area contributed by atoms with E-state index in [-0.39, 0.29) is 11.6 Å². The van der Waals surface area contributed by atoms with Gasteiger partial charge in [-0.2, -0.15) is 0 Å². The number of hydrogen-bond donors (Lipinski definition) is 1. The predicted octanol–water partition coefficient (Wildman–Crippen LogP) is 3.84. The molecule has 1 aromatic carbocycles. The predicted molar refractivity (Wildman–Crippen MR) is 101 cm³/mol. The van der Waals surface area contributed by atoms with Crippen LogP contribution in [0, 0.1) is 5.82 Å². The second-order valence-electron chi connectivity index (χ2n) is 5.95. The minimum atomic E-state index is -0.287. The molecule has 2 aliphatic rings. The molecule has 2 N–H and O–H groups in total. The highest BCUT2D eigenvalue weighted by Crippen LogP contribution is 2.28. The lowest BCUT2D eigenvalue weighted by atomic mass is 10.1. The Morgan fingerprint density at radius 3 is 2.44 bits per heavy atom. The van der Waals surface area contributed by atoms with Crippen molar-refractivity contribution < 1.29 is 4.39 Å². The van der Waals surface area contributed by atoms with E-state index in [4.69, 9.17) is 28.9 Å². The van der Waals surface area contributed by atoms with E-state index in [1.807, 2.05) is 0 Å². The van der Waals surface area contributed by atoms with Crippen molar-refractivity contribution in [3.63, 3.8) is 0 Å². The van der Waals surface area contributed by atoms with Crippen LogP contribution in [0.25, 0.3) is 11.5 Å². The Bertz CT molecular complexity index is 1060. The molecule has 0 radical (unpaired) electrons. The molecule has 0 aliphatic carbocycles. The minimum Gasteiger partial charge on any atom is -0.382 e. The Morgan fingerprint density at radius 1 is 1.04 bits per heavy atom. The molecule has 0 unspecified atom stereocenters. The number of anilines is 1. The Morgan fingerprint density at radius 2 is 1.74 bits per heavy atom. The molecule has 0 fully saturated rings. The average Bonchev–Trinajstić information content (AvgIpc) is 3.07. The first-order valence-electron chi connectivity index (χ1n) is 8.01. The Balaban J connectivity index is 1.71. The first-order chi connectivity index (χ1) is 13.0. The van der Waals surface area contributed by atoms with Gasteiger partial charge in [-0.05, 0) is 17.7 Å². The molecule has 136 valence electrons. The van der Waals surface area contributed by atoms with Gasteiger partial charge >= 0.3 is 0 Å². The maximum absolute atomic E-state index is 13.1. The van der Waals surface area contributed by atoms with E-state index in [1.54, 1.807) is 23.0 Å².